The first-order chi connectivity index (χ1) is 35.8. The third-order valence-electron chi connectivity index (χ3n) is 14.9. The third kappa shape index (κ3) is 18.4. The molecular formula is C51H80N12O12. The molecule has 5 rings (SSSR count). The number of carbonyl (C=O) groups is 10. The second-order valence-corrected chi connectivity index (χ2v) is 20.5. The number of primary amides is 1. The summed E-state index contributed by atoms with van der Waals surface area (Å²) in [5.74, 6) is -8.58. The number of aromatic hydroxyl groups is 1. The summed E-state index contributed by atoms with van der Waals surface area (Å²) in [7, 11) is 0. The topological polar surface area (TPSA) is 383 Å². The number of phenolic OH excluding ortho intramolecular Hbond substituents is 1. The van der Waals surface area contributed by atoms with Gasteiger partial charge in [0.25, 0.3) is 0 Å². The van der Waals surface area contributed by atoms with Crippen LogP contribution in [0.4, 0.5) is 0 Å². The zero-order valence-corrected chi connectivity index (χ0v) is 43.2. The van der Waals surface area contributed by atoms with Crippen LogP contribution in [0.5, 0.6) is 5.75 Å². The van der Waals surface area contributed by atoms with E-state index in [4.69, 9.17) is 11.5 Å². The van der Waals surface area contributed by atoms with Crippen LogP contribution in [0.1, 0.15) is 116 Å². The van der Waals surface area contributed by atoms with Crippen LogP contribution >= 0.6 is 0 Å². The summed E-state index contributed by atoms with van der Waals surface area (Å²) < 4.78 is 0. The second kappa shape index (κ2) is 29.6. The number of phenols is 1. The van der Waals surface area contributed by atoms with Gasteiger partial charge in [0.15, 0.2) is 0 Å². The highest BCUT2D eigenvalue weighted by atomic mass is 16.4. The van der Waals surface area contributed by atoms with Gasteiger partial charge in [-0.3, -0.25) is 47.9 Å². The Labute approximate surface area is 437 Å². The number of piperidine rings is 2. The Morgan fingerprint density at radius 2 is 1.03 bits per heavy atom. The van der Waals surface area contributed by atoms with E-state index in [9.17, 15) is 58.2 Å². The SMILES string of the molecule is CC(=O)NC1CCCCC1C(=O)N[C@@H](CCCCC(=O)O)C(=O)NC1CCNCC1C(=O)N[C@@H](Cc1ccc(O)cc1)C(=O)NC1CCCCC1C(=O)N[C@@H](CCN)C(=O)NC1CCNCC1C(=O)N[C@@H](C)C(N)=O. The van der Waals surface area contributed by atoms with Crippen molar-refractivity contribution in [3.63, 3.8) is 0 Å². The van der Waals surface area contributed by atoms with Crippen LogP contribution in [0.25, 0.3) is 0 Å². The minimum Gasteiger partial charge on any atom is -0.508 e. The van der Waals surface area contributed by atoms with Crippen LogP contribution < -0.4 is 64.6 Å². The molecule has 2 aliphatic heterocycles. The summed E-state index contributed by atoms with van der Waals surface area (Å²) in [6.07, 6.45) is 6.17. The maximum Gasteiger partial charge on any atom is 0.303 e. The number of hydrogen-bond acceptors (Lipinski definition) is 14. The van der Waals surface area contributed by atoms with Crippen molar-refractivity contribution >= 4 is 59.1 Å². The van der Waals surface area contributed by atoms with Crippen LogP contribution in [0.15, 0.2) is 24.3 Å². The summed E-state index contributed by atoms with van der Waals surface area (Å²) in [5, 5.41) is 48.6. The van der Waals surface area contributed by atoms with Gasteiger partial charge < -0.3 is 74.8 Å². The van der Waals surface area contributed by atoms with Crippen molar-refractivity contribution in [1.29, 1.82) is 0 Å². The molecule has 1 aromatic carbocycles. The molecule has 75 heavy (non-hydrogen) atoms. The fourth-order valence-electron chi connectivity index (χ4n) is 10.6. The molecule has 0 radical (unpaired) electrons. The van der Waals surface area contributed by atoms with E-state index in [2.05, 4.69) is 53.2 Å². The predicted molar refractivity (Wildman–Crippen MR) is 273 cm³/mol. The molecule has 4 aliphatic rings. The number of rotatable bonds is 25. The van der Waals surface area contributed by atoms with Crippen LogP contribution in [-0.2, 0) is 54.4 Å². The van der Waals surface area contributed by atoms with Crippen LogP contribution in [0, 0.1) is 23.7 Å². The first-order valence-electron chi connectivity index (χ1n) is 26.6. The number of hydrogen-bond donors (Lipinski definition) is 14. The number of nitrogens with one attached hydrogen (secondary N) is 10. The number of amides is 9. The van der Waals surface area contributed by atoms with E-state index < -0.39 is 125 Å². The maximum atomic E-state index is 14.5. The number of nitrogens with two attached hydrogens (primary N) is 2. The zero-order valence-electron chi connectivity index (χ0n) is 43.2. The van der Waals surface area contributed by atoms with Gasteiger partial charge in [-0.15, -0.1) is 0 Å². The first kappa shape index (κ1) is 59.5. The van der Waals surface area contributed by atoms with Crippen LogP contribution in [0.2, 0.25) is 0 Å². The van der Waals surface area contributed by atoms with E-state index in [-0.39, 0.29) is 63.4 Å². The van der Waals surface area contributed by atoms with Gasteiger partial charge in [-0.25, -0.2) is 0 Å². The summed E-state index contributed by atoms with van der Waals surface area (Å²) in [6.45, 7) is 4.19. The molecule has 2 saturated carbocycles. The van der Waals surface area contributed by atoms with Crippen LogP contribution in [0.3, 0.4) is 0 Å². The van der Waals surface area contributed by atoms with Gasteiger partial charge in [-0.2, -0.15) is 0 Å². The lowest BCUT2D eigenvalue weighted by molar-refractivity contribution is -0.137. The van der Waals surface area contributed by atoms with Crippen molar-refractivity contribution in [2.24, 2.45) is 35.1 Å². The first-order valence-corrected chi connectivity index (χ1v) is 26.6. The highest BCUT2D eigenvalue weighted by molar-refractivity contribution is 5.93. The lowest BCUT2D eigenvalue weighted by atomic mass is 9.83. The van der Waals surface area contributed by atoms with E-state index in [0.29, 0.717) is 76.4 Å². The summed E-state index contributed by atoms with van der Waals surface area (Å²) in [4.78, 5) is 133. The zero-order chi connectivity index (χ0) is 54.6. The molecule has 0 aromatic heterocycles. The number of benzene rings is 1. The van der Waals surface area contributed by atoms with Gasteiger partial charge in [-0.05, 0) is 102 Å². The molecule has 12 atom stereocenters. The second-order valence-electron chi connectivity index (χ2n) is 20.5. The standard InChI is InChI=1S/C51H80N12O12/c1-28(44(53)68)56-47(71)34-26-54-23-20-38(34)60-50(74)41(19-22-52)62-46(70)33-10-4-6-12-37(33)58-51(75)42(25-30-15-17-31(65)18-16-30)63-48(72)35-27-55-24-21-39(35)59-49(73)40(13-7-8-14-43(66)67)61-45(69)32-9-3-5-11-36(32)57-29(2)64/h15-18,28,32-42,54-55,65H,3-14,19-27,52H2,1-2H3,(H2,53,68)(H,56,71)(H,57,64)(H,58,75)(H,59,73)(H,60,74)(H,61,69)(H,62,70)(H,63,72)(H,66,67)/t28-,32?,33?,34?,35?,36?,37?,38?,39?,40-,41-,42-/m0/s1. The highest BCUT2D eigenvalue weighted by Crippen LogP contribution is 2.27. The predicted octanol–water partition coefficient (Wildman–Crippen LogP) is -2.07. The molecule has 4 fully saturated rings. The molecule has 8 unspecified atom stereocenters. The molecule has 9 amide bonds. The van der Waals surface area contributed by atoms with Gasteiger partial charge in [0.1, 0.15) is 29.9 Å². The molecule has 16 N–H and O–H groups in total. The molecule has 2 heterocycles. The number of carboxylic acid groups (broad SMARTS) is 1. The quantitative estimate of drug-likeness (QED) is 0.0468. The third-order valence-corrected chi connectivity index (χ3v) is 14.9. The average Bonchev–Trinajstić information content (AvgIpc) is 3.37. The molecule has 1 aromatic rings. The van der Waals surface area contributed by atoms with Gasteiger partial charge >= 0.3 is 5.97 Å². The summed E-state index contributed by atoms with van der Waals surface area (Å²) in [6, 6.07) is -0.629. The van der Waals surface area contributed by atoms with E-state index in [0.717, 1.165) is 12.8 Å². The Hall–Kier alpha value is -6.40. The van der Waals surface area contributed by atoms with Crippen molar-refractivity contribution in [2.75, 3.05) is 32.7 Å². The van der Waals surface area contributed by atoms with Crippen molar-refractivity contribution in [2.45, 2.75) is 165 Å². The number of carbonyl (C=O) groups excluding carboxylic acids is 9. The maximum absolute atomic E-state index is 14.5. The van der Waals surface area contributed by atoms with Gasteiger partial charge in [0.2, 0.25) is 53.2 Å². The van der Waals surface area contributed by atoms with E-state index in [1.165, 1.54) is 26.0 Å². The van der Waals surface area contributed by atoms with Crippen molar-refractivity contribution in [3.8, 4) is 5.75 Å². The Morgan fingerprint density at radius 1 is 0.587 bits per heavy atom. The molecule has 2 saturated heterocycles. The lowest BCUT2D eigenvalue weighted by Crippen LogP contribution is -2.61. The normalized spacial score (nSPS) is 25.3. The Bertz CT molecular complexity index is 2170. The molecular weight excluding hydrogens is 973 g/mol. The fourth-order valence-corrected chi connectivity index (χ4v) is 10.6. The number of aliphatic carboxylic acids is 1. The average molecular weight is 1050 g/mol. The minimum absolute atomic E-state index is 0.00750. The molecule has 24 heteroatoms. The molecule has 2 aliphatic carbocycles. The van der Waals surface area contributed by atoms with E-state index >= 15 is 0 Å². The molecule has 0 bridgehead atoms. The highest BCUT2D eigenvalue weighted by Gasteiger charge is 2.41. The van der Waals surface area contributed by atoms with Crippen molar-refractivity contribution in [1.82, 2.24) is 53.2 Å². The van der Waals surface area contributed by atoms with Gasteiger partial charge in [0.05, 0.1) is 23.7 Å². The number of carboxylic acids is 1. The van der Waals surface area contributed by atoms with Crippen LogP contribution in [-0.4, -0.2) is 150 Å². The minimum atomic E-state index is -1.20. The van der Waals surface area contributed by atoms with E-state index in [1.54, 1.807) is 12.1 Å². The number of unbranched alkanes of at least 4 members (excludes halogenated alkanes) is 1. The van der Waals surface area contributed by atoms with Gasteiger partial charge in [-0.1, -0.05) is 44.2 Å². The Balaban J connectivity index is 1.29. The molecule has 0 spiro atoms. The molecule has 416 valence electrons. The van der Waals surface area contributed by atoms with Crippen molar-refractivity contribution < 1.29 is 58.2 Å². The fraction of sp³-hybridized carbons (Fsp3) is 0.686. The summed E-state index contributed by atoms with van der Waals surface area (Å²) >= 11 is 0. The smallest absolute Gasteiger partial charge is 0.303 e. The largest absolute Gasteiger partial charge is 0.508 e. The molecule has 24 nitrogen and oxygen atoms in total. The summed E-state index contributed by atoms with van der Waals surface area (Å²) in [5.41, 5.74) is 11.9. The Morgan fingerprint density at radius 3 is 1.52 bits per heavy atom. The Kier molecular flexibility index (Phi) is 23.5. The van der Waals surface area contributed by atoms with E-state index in [1.807, 2.05) is 0 Å². The van der Waals surface area contributed by atoms with Gasteiger partial charge in [0, 0.05) is 57.0 Å². The van der Waals surface area contributed by atoms with Crippen molar-refractivity contribution in [3.05, 3.63) is 29.8 Å². The lowest BCUT2D eigenvalue weighted by Gasteiger charge is -2.36. The monoisotopic (exact) mass is 1050 g/mol.